The molecule has 31 heavy (non-hydrogen) atoms. The molecule has 0 aliphatic carbocycles. The molecule has 1 atom stereocenters. The molecule has 0 saturated heterocycles. The molecule has 2 aromatic carbocycles. The van der Waals surface area contributed by atoms with Crippen LogP contribution in [0.25, 0.3) is 0 Å². The molecule has 0 aromatic heterocycles. The molecule has 4 N–H and O–H groups in total. The Morgan fingerprint density at radius 2 is 1.35 bits per heavy atom. The number of aromatic hydroxyl groups is 1. The van der Waals surface area contributed by atoms with Gasteiger partial charge >= 0.3 is 0 Å². The van der Waals surface area contributed by atoms with Crippen molar-refractivity contribution in [3.8, 4) is 5.75 Å². The van der Waals surface area contributed by atoms with Crippen LogP contribution in [-0.4, -0.2) is 45.5 Å². The van der Waals surface area contributed by atoms with E-state index in [-0.39, 0.29) is 57.7 Å². The van der Waals surface area contributed by atoms with Crippen molar-refractivity contribution < 1.29 is 42.1 Å². The monoisotopic (exact) mass is 465 g/mol. The van der Waals surface area contributed by atoms with Crippen LogP contribution in [0, 0.1) is 0 Å². The first-order valence-electron chi connectivity index (χ1n) is 10.3. The second kappa shape index (κ2) is 16.2. The summed E-state index contributed by atoms with van der Waals surface area (Å²) in [6.45, 7) is 13.0. The summed E-state index contributed by atoms with van der Waals surface area (Å²) in [6.07, 6.45) is 1.30. The van der Waals surface area contributed by atoms with Gasteiger partial charge in [0.2, 0.25) is 0 Å². The first-order chi connectivity index (χ1) is 13.9. The zero-order chi connectivity index (χ0) is 23.3. The largest absolute Gasteiger partial charge is 0.507 e. The summed E-state index contributed by atoms with van der Waals surface area (Å²) in [6, 6.07) is 15.0. The van der Waals surface area contributed by atoms with Crippen LogP contribution in [0.4, 0.5) is 0 Å². The molecule has 0 amide bonds. The minimum Gasteiger partial charge on any atom is -0.507 e. The van der Waals surface area contributed by atoms with Gasteiger partial charge < -0.3 is 20.4 Å². The summed E-state index contributed by atoms with van der Waals surface area (Å²) < 4.78 is 0. The maximum absolute atomic E-state index is 10.4. The minimum atomic E-state index is -0.320. The van der Waals surface area contributed by atoms with E-state index in [0.717, 1.165) is 11.1 Å². The van der Waals surface area contributed by atoms with E-state index in [0.29, 0.717) is 5.56 Å². The van der Waals surface area contributed by atoms with Gasteiger partial charge in [0.25, 0.3) is 0 Å². The molecule has 0 fully saturated rings. The normalized spacial score (nSPS) is 11.9. The van der Waals surface area contributed by atoms with Crippen molar-refractivity contribution in [3.05, 3.63) is 65.2 Å². The van der Waals surface area contributed by atoms with Crippen LogP contribution < -0.4 is 0 Å². The van der Waals surface area contributed by atoms with Gasteiger partial charge in [-0.25, -0.2) is 0 Å². The average Bonchev–Trinajstić information content (AvgIpc) is 2.62. The third-order valence-electron chi connectivity index (χ3n) is 3.63. The van der Waals surface area contributed by atoms with Crippen LogP contribution in [0.2, 0.25) is 0 Å². The molecule has 2 rings (SSSR count). The maximum atomic E-state index is 10.4. The van der Waals surface area contributed by atoms with Crippen molar-refractivity contribution in [2.24, 2.45) is 4.99 Å². The Bertz CT molecular complexity index is 729. The van der Waals surface area contributed by atoms with E-state index < -0.39 is 0 Å². The van der Waals surface area contributed by atoms with E-state index in [4.69, 9.17) is 10.2 Å². The van der Waals surface area contributed by atoms with Gasteiger partial charge in [0.15, 0.2) is 0 Å². The average molecular weight is 465 g/mol. The molecular formula is C25H39NO4Ti. The van der Waals surface area contributed by atoms with Crippen LogP contribution in [0.1, 0.15) is 71.2 Å². The van der Waals surface area contributed by atoms with Crippen molar-refractivity contribution >= 4 is 6.21 Å². The fourth-order valence-corrected chi connectivity index (χ4v) is 2.35. The quantitative estimate of drug-likeness (QED) is 0.392. The van der Waals surface area contributed by atoms with Gasteiger partial charge in [0.1, 0.15) is 5.75 Å². The van der Waals surface area contributed by atoms with Crippen LogP contribution in [-0.2, 0) is 27.1 Å². The first-order valence-corrected chi connectivity index (χ1v) is 10.3. The van der Waals surface area contributed by atoms with Crippen LogP contribution in [0.3, 0.4) is 0 Å². The number of phenols is 1. The number of para-hydroxylation sites is 1. The van der Waals surface area contributed by atoms with Crippen molar-refractivity contribution in [1.29, 1.82) is 0 Å². The van der Waals surface area contributed by atoms with Gasteiger partial charge in [0.05, 0.1) is 12.6 Å². The number of hydrogen-bond donors (Lipinski definition) is 4. The molecular weight excluding hydrogens is 426 g/mol. The topological polar surface area (TPSA) is 93.3 Å². The number of hydrogen-bond acceptors (Lipinski definition) is 5. The summed E-state index contributed by atoms with van der Waals surface area (Å²) in [7, 11) is 0. The van der Waals surface area contributed by atoms with E-state index in [1.165, 1.54) is 0 Å². The van der Waals surface area contributed by atoms with Gasteiger partial charge in [-0.05, 0) is 50.3 Å². The van der Waals surface area contributed by atoms with Crippen molar-refractivity contribution in [3.63, 3.8) is 0 Å². The summed E-state index contributed by atoms with van der Waals surface area (Å²) in [4.78, 5) is 4.43. The van der Waals surface area contributed by atoms with Crippen LogP contribution >= 0.6 is 0 Å². The molecule has 0 aliphatic rings. The molecule has 6 heteroatoms. The molecule has 5 nitrogen and oxygen atoms in total. The van der Waals surface area contributed by atoms with Gasteiger partial charge in [-0.3, -0.25) is 4.99 Å². The van der Waals surface area contributed by atoms with E-state index in [1.54, 1.807) is 33.9 Å². The zero-order valence-electron chi connectivity index (χ0n) is 19.9. The molecule has 172 valence electrons. The standard InChI is InChI=1S/C19H23NO2.2C3H8O.Ti/c1-19(2,3)16-11-7-10-15(18(16)22)12-20-17(13-21)14-8-5-4-6-9-14;2*1-3(2)4;/h4-12,17,21-22H,13H2,1-3H3;2*3-4H,1-2H3;/t17-;;;/m0.../s1. The van der Waals surface area contributed by atoms with E-state index in [9.17, 15) is 10.2 Å². The van der Waals surface area contributed by atoms with Crippen molar-refractivity contribution in [1.82, 2.24) is 0 Å². The Hall–Kier alpha value is -1.50. The second-order valence-electron chi connectivity index (χ2n) is 8.57. The number of aliphatic hydroxyl groups is 3. The molecule has 0 radical (unpaired) electrons. The van der Waals surface area contributed by atoms with E-state index >= 15 is 0 Å². The van der Waals surface area contributed by atoms with Gasteiger partial charge in [-0.15, -0.1) is 0 Å². The van der Waals surface area contributed by atoms with Crippen molar-refractivity contribution in [2.75, 3.05) is 6.61 Å². The molecule has 2 aromatic rings. The number of nitrogens with zero attached hydrogens (tertiary/aromatic N) is 1. The summed E-state index contributed by atoms with van der Waals surface area (Å²) >= 11 is 0. The third-order valence-corrected chi connectivity index (χ3v) is 3.63. The van der Waals surface area contributed by atoms with Crippen LogP contribution in [0.5, 0.6) is 5.75 Å². The SMILES string of the molecule is CC(C)(C)c1cccc(C=N[C@@H](CO)c2ccccc2)c1O.CC(C)O.CC(C)O.[Ti]. The Labute approximate surface area is 202 Å². The Kier molecular flexibility index (Phi) is 16.5. The van der Waals surface area contributed by atoms with Crippen LogP contribution in [0.15, 0.2) is 53.5 Å². The number of phenolic OH excluding ortho intramolecular Hbond substituents is 1. The van der Waals surface area contributed by atoms with E-state index in [1.807, 2.05) is 48.5 Å². The predicted octanol–water partition coefficient (Wildman–Crippen LogP) is 4.61. The molecule has 0 spiro atoms. The first kappa shape index (κ1) is 31.7. The summed E-state index contributed by atoms with van der Waals surface area (Å²) in [5, 5.41) is 36.1. The molecule has 0 saturated carbocycles. The zero-order valence-corrected chi connectivity index (χ0v) is 21.4. The summed E-state index contributed by atoms with van der Waals surface area (Å²) in [5.74, 6) is 0.253. The van der Waals surface area contributed by atoms with Crippen molar-refractivity contribution in [2.45, 2.75) is 72.1 Å². The van der Waals surface area contributed by atoms with Gasteiger partial charge in [-0.2, -0.15) is 0 Å². The molecule has 0 aliphatic heterocycles. The Balaban J connectivity index is 0. The fourth-order valence-electron chi connectivity index (χ4n) is 2.35. The Morgan fingerprint density at radius 1 is 0.871 bits per heavy atom. The second-order valence-corrected chi connectivity index (χ2v) is 8.57. The van der Waals surface area contributed by atoms with Gasteiger partial charge in [0, 0.05) is 45.7 Å². The third kappa shape index (κ3) is 14.2. The predicted molar refractivity (Wildman–Crippen MR) is 125 cm³/mol. The molecule has 0 unspecified atom stereocenters. The smallest absolute Gasteiger partial charge is 0.128 e. The molecule has 0 heterocycles. The number of aliphatic imine (C=N–C) groups is 1. The number of aliphatic hydroxyl groups excluding tert-OH is 3. The number of rotatable bonds is 4. The molecule has 0 bridgehead atoms. The Morgan fingerprint density at radius 3 is 1.77 bits per heavy atom. The fraction of sp³-hybridized carbons (Fsp3) is 0.480. The maximum Gasteiger partial charge on any atom is 0.128 e. The minimum absolute atomic E-state index is 0. The van der Waals surface area contributed by atoms with E-state index in [2.05, 4.69) is 25.8 Å². The number of benzene rings is 2. The summed E-state index contributed by atoms with van der Waals surface area (Å²) in [5.41, 5.74) is 2.37. The van der Waals surface area contributed by atoms with Gasteiger partial charge in [-0.1, -0.05) is 63.2 Å².